The minimum absolute atomic E-state index is 0.283. The number of hydrogen-bond donors (Lipinski definition) is 4. The number of imidazole rings is 2. The number of nitrogens with two attached hydrogens (primary N) is 2. The standard InChI is InChI=1S/2C6H9N3O/c2*7-6(10)2-1-5-3-8-4-9-5/h2*3-4H,1-2H2,(H2,7,10)(H,8,9). The van der Waals surface area contributed by atoms with E-state index in [1.165, 1.54) is 0 Å². The molecular formula is C12H18N6O2. The van der Waals surface area contributed by atoms with E-state index in [9.17, 15) is 9.59 Å². The van der Waals surface area contributed by atoms with Gasteiger partial charge in [-0.2, -0.15) is 0 Å². The van der Waals surface area contributed by atoms with Gasteiger partial charge in [0.15, 0.2) is 0 Å². The van der Waals surface area contributed by atoms with Crippen molar-refractivity contribution in [1.29, 1.82) is 0 Å². The molecule has 0 aliphatic rings. The van der Waals surface area contributed by atoms with E-state index in [2.05, 4.69) is 19.9 Å². The van der Waals surface area contributed by atoms with Crippen LogP contribution in [0.4, 0.5) is 0 Å². The number of nitrogens with one attached hydrogen (secondary N) is 2. The summed E-state index contributed by atoms with van der Waals surface area (Å²) in [5.41, 5.74) is 11.8. The van der Waals surface area contributed by atoms with Crippen molar-refractivity contribution >= 4 is 11.8 Å². The van der Waals surface area contributed by atoms with Crippen LogP contribution in [0.15, 0.2) is 25.0 Å². The first-order valence-corrected chi connectivity index (χ1v) is 6.09. The molecule has 8 nitrogen and oxygen atoms in total. The third-order valence-electron chi connectivity index (χ3n) is 2.39. The zero-order valence-corrected chi connectivity index (χ0v) is 11.0. The van der Waals surface area contributed by atoms with Gasteiger partial charge in [0.1, 0.15) is 0 Å². The Kier molecular flexibility index (Phi) is 6.52. The molecule has 108 valence electrons. The molecule has 0 fully saturated rings. The van der Waals surface area contributed by atoms with Crippen LogP contribution in [-0.4, -0.2) is 31.8 Å². The van der Waals surface area contributed by atoms with Crippen LogP contribution in [0.5, 0.6) is 0 Å². The Morgan fingerprint density at radius 3 is 1.55 bits per heavy atom. The smallest absolute Gasteiger partial charge is 0.217 e. The summed E-state index contributed by atoms with van der Waals surface area (Å²) in [6, 6.07) is 0. The third kappa shape index (κ3) is 6.94. The summed E-state index contributed by atoms with van der Waals surface area (Å²) in [5.74, 6) is -0.566. The second-order valence-electron chi connectivity index (χ2n) is 4.09. The molecular weight excluding hydrogens is 260 g/mol. The zero-order valence-electron chi connectivity index (χ0n) is 11.0. The van der Waals surface area contributed by atoms with Gasteiger partial charge < -0.3 is 21.4 Å². The van der Waals surface area contributed by atoms with Crippen LogP contribution >= 0.6 is 0 Å². The summed E-state index contributed by atoms with van der Waals surface area (Å²) in [6.45, 7) is 0. The molecule has 2 amide bonds. The van der Waals surface area contributed by atoms with Crippen molar-refractivity contribution in [2.24, 2.45) is 11.5 Å². The average molecular weight is 278 g/mol. The number of hydrogen-bond acceptors (Lipinski definition) is 4. The van der Waals surface area contributed by atoms with Gasteiger partial charge in [0, 0.05) is 36.6 Å². The number of nitrogens with zero attached hydrogens (tertiary/aromatic N) is 2. The Balaban J connectivity index is 0.000000200. The van der Waals surface area contributed by atoms with Crippen LogP contribution in [0.3, 0.4) is 0 Å². The number of carbonyl (C=O) groups is 2. The van der Waals surface area contributed by atoms with Crippen LogP contribution in [0.25, 0.3) is 0 Å². The van der Waals surface area contributed by atoms with E-state index < -0.39 is 0 Å². The fourth-order valence-electron chi connectivity index (χ4n) is 1.36. The molecule has 0 bridgehead atoms. The molecule has 0 radical (unpaired) electrons. The molecule has 0 saturated carbocycles. The molecule has 2 rings (SSSR count). The number of aryl methyl sites for hydroxylation is 2. The van der Waals surface area contributed by atoms with E-state index in [-0.39, 0.29) is 11.8 Å². The van der Waals surface area contributed by atoms with Gasteiger partial charge in [-0.1, -0.05) is 0 Å². The highest BCUT2D eigenvalue weighted by atomic mass is 16.1. The second kappa shape index (κ2) is 8.46. The fourth-order valence-corrected chi connectivity index (χ4v) is 1.36. The van der Waals surface area contributed by atoms with Gasteiger partial charge in [0.2, 0.25) is 11.8 Å². The Morgan fingerprint density at radius 1 is 0.900 bits per heavy atom. The lowest BCUT2D eigenvalue weighted by molar-refractivity contribution is -0.118. The molecule has 2 aromatic heterocycles. The summed E-state index contributed by atoms with van der Waals surface area (Å²) in [6.07, 6.45) is 8.58. The number of carbonyl (C=O) groups excluding carboxylic acids is 2. The van der Waals surface area contributed by atoms with Gasteiger partial charge >= 0.3 is 0 Å². The third-order valence-corrected chi connectivity index (χ3v) is 2.39. The molecule has 0 aromatic carbocycles. The lowest BCUT2D eigenvalue weighted by atomic mass is 10.2. The van der Waals surface area contributed by atoms with E-state index in [0.717, 1.165) is 11.4 Å². The molecule has 20 heavy (non-hydrogen) atoms. The van der Waals surface area contributed by atoms with Gasteiger partial charge in [-0.15, -0.1) is 0 Å². The second-order valence-corrected chi connectivity index (χ2v) is 4.09. The molecule has 0 unspecified atom stereocenters. The first kappa shape index (κ1) is 15.4. The highest BCUT2D eigenvalue weighted by Gasteiger charge is 1.97. The van der Waals surface area contributed by atoms with Crippen molar-refractivity contribution in [2.45, 2.75) is 25.7 Å². The number of aromatic amines is 2. The lowest BCUT2D eigenvalue weighted by Crippen LogP contribution is -2.11. The molecule has 6 N–H and O–H groups in total. The number of amides is 2. The average Bonchev–Trinajstić information content (AvgIpc) is 3.08. The van der Waals surface area contributed by atoms with Crippen molar-refractivity contribution in [2.75, 3.05) is 0 Å². The summed E-state index contributed by atoms with van der Waals surface area (Å²) in [5, 5.41) is 0. The lowest BCUT2D eigenvalue weighted by Gasteiger charge is -1.90. The summed E-state index contributed by atoms with van der Waals surface area (Å²) in [7, 11) is 0. The summed E-state index contributed by atoms with van der Waals surface area (Å²) < 4.78 is 0. The molecule has 8 heteroatoms. The van der Waals surface area contributed by atoms with Crippen molar-refractivity contribution < 1.29 is 9.59 Å². The Morgan fingerprint density at radius 2 is 1.30 bits per heavy atom. The Hall–Kier alpha value is -2.64. The molecule has 0 atom stereocenters. The van der Waals surface area contributed by atoms with Gasteiger partial charge in [-0.05, 0) is 12.8 Å². The monoisotopic (exact) mass is 278 g/mol. The highest BCUT2D eigenvalue weighted by molar-refractivity contribution is 5.74. The Labute approximate surface area is 116 Å². The molecule has 2 aromatic rings. The van der Waals surface area contributed by atoms with Gasteiger partial charge in [-0.3, -0.25) is 9.59 Å². The van der Waals surface area contributed by atoms with Crippen molar-refractivity contribution in [3.05, 3.63) is 36.4 Å². The van der Waals surface area contributed by atoms with Crippen LogP contribution in [0, 0.1) is 0 Å². The first-order chi connectivity index (χ1) is 9.58. The van der Waals surface area contributed by atoms with E-state index in [0.29, 0.717) is 25.7 Å². The number of H-pyrrole nitrogens is 2. The van der Waals surface area contributed by atoms with Crippen LogP contribution < -0.4 is 11.5 Å². The predicted molar refractivity (Wildman–Crippen MR) is 72.2 cm³/mol. The maximum absolute atomic E-state index is 10.3. The molecule has 0 aliphatic heterocycles. The van der Waals surface area contributed by atoms with E-state index >= 15 is 0 Å². The van der Waals surface area contributed by atoms with Crippen LogP contribution in [-0.2, 0) is 22.4 Å². The Bertz CT molecular complexity index is 458. The predicted octanol–water partition coefficient (Wildman–Crippen LogP) is -0.345. The molecule has 0 spiro atoms. The molecule has 0 aliphatic carbocycles. The number of rotatable bonds is 6. The summed E-state index contributed by atoms with van der Waals surface area (Å²) >= 11 is 0. The first-order valence-electron chi connectivity index (χ1n) is 6.09. The van der Waals surface area contributed by atoms with Gasteiger partial charge in [0.05, 0.1) is 12.7 Å². The number of primary amides is 2. The van der Waals surface area contributed by atoms with Crippen molar-refractivity contribution in [3.63, 3.8) is 0 Å². The van der Waals surface area contributed by atoms with Gasteiger partial charge in [-0.25, -0.2) is 9.97 Å². The van der Waals surface area contributed by atoms with Crippen molar-refractivity contribution in [1.82, 2.24) is 19.9 Å². The van der Waals surface area contributed by atoms with E-state index in [4.69, 9.17) is 11.5 Å². The topological polar surface area (TPSA) is 144 Å². The SMILES string of the molecule is NC(=O)CCc1cnc[nH]1.NC(=O)CCc1cnc[nH]1. The molecule has 0 saturated heterocycles. The normalized spacial score (nSPS) is 9.60. The minimum atomic E-state index is -0.283. The van der Waals surface area contributed by atoms with Crippen molar-refractivity contribution in [3.8, 4) is 0 Å². The quantitative estimate of drug-likeness (QED) is 0.572. The van der Waals surface area contributed by atoms with Crippen LogP contribution in [0.1, 0.15) is 24.2 Å². The zero-order chi connectivity index (χ0) is 14.8. The number of aromatic nitrogens is 4. The van der Waals surface area contributed by atoms with E-state index in [1.54, 1.807) is 25.0 Å². The maximum Gasteiger partial charge on any atom is 0.217 e. The minimum Gasteiger partial charge on any atom is -0.370 e. The van der Waals surface area contributed by atoms with E-state index in [1.807, 2.05) is 0 Å². The largest absolute Gasteiger partial charge is 0.370 e. The van der Waals surface area contributed by atoms with Gasteiger partial charge in [0.25, 0.3) is 0 Å². The summed E-state index contributed by atoms with van der Waals surface area (Å²) in [4.78, 5) is 33.9. The highest BCUT2D eigenvalue weighted by Crippen LogP contribution is 1.95. The fraction of sp³-hybridized carbons (Fsp3) is 0.333. The molecule has 2 heterocycles. The van der Waals surface area contributed by atoms with Crippen LogP contribution in [0.2, 0.25) is 0 Å². The maximum atomic E-state index is 10.3.